The van der Waals surface area contributed by atoms with Crippen LogP contribution in [0.25, 0.3) is 10.9 Å². The molecule has 0 bridgehead atoms. The van der Waals surface area contributed by atoms with Crippen molar-refractivity contribution in [2.75, 3.05) is 12.8 Å². The van der Waals surface area contributed by atoms with Crippen molar-refractivity contribution in [3.05, 3.63) is 54.7 Å². The zero-order chi connectivity index (χ0) is 15.0. The van der Waals surface area contributed by atoms with E-state index >= 15 is 0 Å². The van der Waals surface area contributed by atoms with Gasteiger partial charge in [0, 0.05) is 23.3 Å². The number of fused-ring (bicyclic) bond motifs is 1. The predicted octanol–water partition coefficient (Wildman–Crippen LogP) is 2.47. The molecule has 3 rings (SSSR count). The summed E-state index contributed by atoms with van der Waals surface area (Å²) in [4.78, 5) is 0.192. The van der Waals surface area contributed by atoms with Gasteiger partial charge in [0.2, 0.25) is 0 Å². The summed E-state index contributed by atoms with van der Waals surface area (Å²) >= 11 is 0. The van der Waals surface area contributed by atoms with Gasteiger partial charge in [0.05, 0.1) is 17.5 Å². The van der Waals surface area contributed by atoms with Gasteiger partial charge in [0.15, 0.2) is 0 Å². The average Bonchev–Trinajstić information content (AvgIpc) is 2.91. The predicted molar refractivity (Wildman–Crippen MR) is 81.9 cm³/mol. The van der Waals surface area contributed by atoms with E-state index < -0.39 is 10.0 Å². The van der Waals surface area contributed by atoms with Gasteiger partial charge in [-0.15, -0.1) is 0 Å². The molecule has 0 aliphatic rings. The minimum Gasteiger partial charge on any atom is -0.497 e. The molecule has 0 fully saturated rings. The largest absolute Gasteiger partial charge is 0.497 e. The second-order valence-electron chi connectivity index (χ2n) is 4.61. The van der Waals surface area contributed by atoms with E-state index in [-0.39, 0.29) is 4.90 Å². The highest BCUT2D eigenvalue weighted by molar-refractivity contribution is 7.90. The summed E-state index contributed by atoms with van der Waals surface area (Å²) in [5, 5.41) is 0.829. The summed E-state index contributed by atoms with van der Waals surface area (Å²) in [6.07, 6.45) is 1.54. The van der Waals surface area contributed by atoms with Crippen LogP contribution in [0.2, 0.25) is 0 Å². The topological polar surface area (TPSA) is 74.3 Å². The van der Waals surface area contributed by atoms with Crippen LogP contribution >= 0.6 is 0 Å². The molecule has 0 aliphatic heterocycles. The Balaban J connectivity index is 2.21. The number of aromatic nitrogens is 1. The van der Waals surface area contributed by atoms with Crippen LogP contribution in [0.3, 0.4) is 0 Å². The summed E-state index contributed by atoms with van der Waals surface area (Å²) in [5.41, 5.74) is 6.70. The molecule has 0 aliphatic carbocycles. The maximum atomic E-state index is 12.7. The standard InChI is InChI=1S/C15H14N2O3S/c1-20-13-5-2-11-8-9-17(15(11)10-13)21(18,19)14-6-3-12(16)4-7-14/h2-10H,16H2,1H3. The molecule has 2 N–H and O–H groups in total. The lowest BCUT2D eigenvalue weighted by atomic mass is 10.2. The number of hydrogen-bond acceptors (Lipinski definition) is 4. The number of benzene rings is 2. The molecule has 2 aromatic carbocycles. The summed E-state index contributed by atoms with van der Waals surface area (Å²) in [5.74, 6) is 0.606. The lowest BCUT2D eigenvalue weighted by molar-refractivity contribution is 0.415. The van der Waals surface area contributed by atoms with Gasteiger partial charge in [0.25, 0.3) is 10.0 Å². The summed E-state index contributed by atoms with van der Waals surface area (Å²) in [7, 11) is -2.11. The van der Waals surface area contributed by atoms with Crippen molar-refractivity contribution in [3.8, 4) is 5.75 Å². The molecule has 0 radical (unpaired) electrons. The van der Waals surface area contributed by atoms with Crippen LogP contribution < -0.4 is 10.5 Å². The molecule has 0 saturated heterocycles. The van der Waals surface area contributed by atoms with Crippen LogP contribution in [0.5, 0.6) is 5.75 Å². The molecule has 108 valence electrons. The number of anilines is 1. The number of ether oxygens (including phenoxy) is 1. The molecule has 0 saturated carbocycles. The van der Waals surface area contributed by atoms with E-state index in [0.717, 1.165) is 5.39 Å². The molecule has 0 amide bonds. The maximum Gasteiger partial charge on any atom is 0.268 e. The third-order valence-electron chi connectivity index (χ3n) is 3.30. The van der Waals surface area contributed by atoms with Crippen molar-refractivity contribution in [3.63, 3.8) is 0 Å². The van der Waals surface area contributed by atoms with Gasteiger partial charge in [-0.25, -0.2) is 12.4 Å². The van der Waals surface area contributed by atoms with E-state index in [9.17, 15) is 8.42 Å². The first-order valence-electron chi connectivity index (χ1n) is 6.28. The number of nitrogen functional groups attached to an aromatic ring is 1. The number of rotatable bonds is 3. The highest BCUT2D eigenvalue weighted by atomic mass is 32.2. The average molecular weight is 302 g/mol. The van der Waals surface area contributed by atoms with Gasteiger partial charge in [-0.05, 0) is 42.5 Å². The Bertz CT molecular complexity index is 896. The Kier molecular flexibility index (Phi) is 3.10. The fourth-order valence-corrected chi connectivity index (χ4v) is 3.52. The lowest BCUT2D eigenvalue weighted by Crippen LogP contribution is -2.11. The molecule has 21 heavy (non-hydrogen) atoms. The summed E-state index contributed by atoms with van der Waals surface area (Å²) in [6.45, 7) is 0. The SMILES string of the molecule is COc1ccc2ccn(S(=O)(=O)c3ccc(N)cc3)c2c1. The smallest absolute Gasteiger partial charge is 0.268 e. The molecular weight excluding hydrogens is 288 g/mol. The van der Waals surface area contributed by atoms with Gasteiger partial charge in [0.1, 0.15) is 5.75 Å². The van der Waals surface area contributed by atoms with E-state index in [1.54, 1.807) is 37.4 Å². The molecule has 0 unspecified atom stereocenters. The van der Waals surface area contributed by atoms with Gasteiger partial charge in [-0.2, -0.15) is 0 Å². The van der Waals surface area contributed by atoms with E-state index in [4.69, 9.17) is 10.5 Å². The first-order chi connectivity index (χ1) is 10.0. The Morgan fingerprint density at radius 3 is 2.43 bits per heavy atom. The zero-order valence-electron chi connectivity index (χ0n) is 11.4. The number of nitrogens with zero attached hydrogens (tertiary/aromatic N) is 1. The monoisotopic (exact) mass is 302 g/mol. The summed E-state index contributed by atoms with van der Waals surface area (Å²) in [6, 6.07) is 13.2. The number of nitrogens with two attached hydrogens (primary N) is 1. The molecule has 0 atom stereocenters. The van der Waals surface area contributed by atoms with Crippen molar-refractivity contribution in [1.82, 2.24) is 3.97 Å². The van der Waals surface area contributed by atoms with Crippen molar-refractivity contribution in [1.29, 1.82) is 0 Å². The van der Waals surface area contributed by atoms with Crippen LogP contribution in [0.4, 0.5) is 5.69 Å². The van der Waals surface area contributed by atoms with Gasteiger partial charge >= 0.3 is 0 Å². The van der Waals surface area contributed by atoms with Crippen molar-refractivity contribution in [2.24, 2.45) is 0 Å². The van der Waals surface area contributed by atoms with Crippen LogP contribution in [0.1, 0.15) is 0 Å². The highest BCUT2D eigenvalue weighted by Crippen LogP contribution is 2.26. The fraction of sp³-hybridized carbons (Fsp3) is 0.0667. The van der Waals surface area contributed by atoms with Crippen molar-refractivity contribution >= 4 is 26.6 Å². The molecule has 0 spiro atoms. The van der Waals surface area contributed by atoms with Gasteiger partial charge in [-0.3, -0.25) is 0 Å². The summed E-state index contributed by atoms with van der Waals surface area (Å²) < 4.78 is 31.8. The van der Waals surface area contributed by atoms with Gasteiger partial charge in [-0.1, -0.05) is 0 Å². The molecule has 6 heteroatoms. The van der Waals surface area contributed by atoms with E-state index in [1.807, 2.05) is 6.07 Å². The Labute approximate surface area is 122 Å². The van der Waals surface area contributed by atoms with E-state index in [0.29, 0.717) is 17.0 Å². The highest BCUT2D eigenvalue weighted by Gasteiger charge is 2.18. The minimum atomic E-state index is -3.66. The molecular formula is C15H14N2O3S. The maximum absolute atomic E-state index is 12.7. The first kappa shape index (κ1) is 13.5. The Morgan fingerprint density at radius 2 is 1.76 bits per heavy atom. The quantitative estimate of drug-likeness (QED) is 0.754. The zero-order valence-corrected chi connectivity index (χ0v) is 12.2. The molecule has 1 aromatic heterocycles. The third kappa shape index (κ3) is 2.23. The number of methoxy groups -OCH3 is 1. The van der Waals surface area contributed by atoms with Crippen LogP contribution in [0, 0.1) is 0 Å². The second kappa shape index (κ2) is 4.82. The Morgan fingerprint density at radius 1 is 1.05 bits per heavy atom. The molecule has 1 heterocycles. The van der Waals surface area contributed by atoms with Crippen molar-refractivity contribution < 1.29 is 13.2 Å². The van der Waals surface area contributed by atoms with Crippen LogP contribution in [0.15, 0.2) is 59.6 Å². The van der Waals surface area contributed by atoms with Crippen molar-refractivity contribution in [2.45, 2.75) is 4.90 Å². The molecule has 3 aromatic rings. The molecule has 5 nitrogen and oxygen atoms in total. The Hall–Kier alpha value is -2.47. The van der Waals surface area contributed by atoms with E-state index in [1.165, 1.54) is 22.3 Å². The van der Waals surface area contributed by atoms with Gasteiger partial charge < -0.3 is 10.5 Å². The van der Waals surface area contributed by atoms with Crippen LogP contribution in [-0.2, 0) is 10.0 Å². The fourth-order valence-electron chi connectivity index (χ4n) is 2.17. The normalized spacial score (nSPS) is 11.7. The minimum absolute atomic E-state index is 0.192. The van der Waals surface area contributed by atoms with E-state index in [2.05, 4.69) is 0 Å². The third-order valence-corrected chi connectivity index (χ3v) is 5.01. The lowest BCUT2D eigenvalue weighted by Gasteiger charge is -2.08. The first-order valence-corrected chi connectivity index (χ1v) is 7.72. The number of hydrogen-bond donors (Lipinski definition) is 1. The second-order valence-corrected chi connectivity index (χ2v) is 6.43. The van der Waals surface area contributed by atoms with Crippen LogP contribution in [-0.4, -0.2) is 19.5 Å².